The van der Waals surface area contributed by atoms with Crippen molar-refractivity contribution in [1.29, 1.82) is 0 Å². The van der Waals surface area contributed by atoms with Gasteiger partial charge in [-0.25, -0.2) is 9.97 Å². The van der Waals surface area contributed by atoms with Gasteiger partial charge >= 0.3 is 0 Å². The van der Waals surface area contributed by atoms with Gasteiger partial charge in [-0.2, -0.15) is 0 Å². The Hall–Kier alpha value is -1.16. The topological polar surface area (TPSA) is 41.1 Å². The van der Waals surface area contributed by atoms with Gasteiger partial charge in [0.05, 0.1) is 6.04 Å². The second kappa shape index (κ2) is 4.37. The molecule has 0 aromatic carbocycles. The van der Waals surface area contributed by atoms with Crippen molar-refractivity contribution >= 4 is 5.95 Å². The molecular formula is C10H16N4. The number of anilines is 1. The molecule has 14 heavy (non-hydrogen) atoms. The number of aromatic nitrogens is 2. The lowest BCUT2D eigenvalue weighted by atomic mass is 10.1. The van der Waals surface area contributed by atoms with Crippen molar-refractivity contribution in [3.8, 4) is 0 Å². The molecule has 1 aliphatic rings. The van der Waals surface area contributed by atoms with E-state index in [0.29, 0.717) is 6.04 Å². The maximum absolute atomic E-state index is 4.29. The number of hydrogen-bond acceptors (Lipinski definition) is 4. The van der Waals surface area contributed by atoms with E-state index in [9.17, 15) is 0 Å². The SMILES string of the molecule is CCCN(c1ncccn1)C1CNC1. The monoisotopic (exact) mass is 192 g/mol. The van der Waals surface area contributed by atoms with Crippen molar-refractivity contribution in [2.24, 2.45) is 0 Å². The van der Waals surface area contributed by atoms with E-state index in [1.807, 2.05) is 6.07 Å². The van der Waals surface area contributed by atoms with Gasteiger partial charge in [0.2, 0.25) is 5.95 Å². The van der Waals surface area contributed by atoms with Crippen LogP contribution in [0.15, 0.2) is 18.5 Å². The maximum Gasteiger partial charge on any atom is 0.225 e. The Morgan fingerprint density at radius 3 is 2.64 bits per heavy atom. The summed E-state index contributed by atoms with van der Waals surface area (Å²) in [4.78, 5) is 10.9. The summed E-state index contributed by atoms with van der Waals surface area (Å²) in [6, 6.07) is 2.43. The zero-order valence-corrected chi connectivity index (χ0v) is 8.48. The van der Waals surface area contributed by atoms with Gasteiger partial charge in [-0.15, -0.1) is 0 Å². The zero-order valence-electron chi connectivity index (χ0n) is 8.48. The van der Waals surface area contributed by atoms with Gasteiger partial charge in [0.25, 0.3) is 0 Å². The fourth-order valence-electron chi connectivity index (χ4n) is 1.62. The van der Waals surface area contributed by atoms with Gasteiger partial charge < -0.3 is 10.2 Å². The Kier molecular flexibility index (Phi) is 2.93. The van der Waals surface area contributed by atoms with Crippen molar-refractivity contribution in [2.75, 3.05) is 24.5 Å². The van der Waals surface area contributed by atoms with E-state index in [4.69, 9.17) is 0 Å². The van der Waals surface area contributed by atoms with E-state index in [1.54, 1.807) is 12.4 Å². The van der Waals surface area contributed by atoms with Gasteiger partial charge in [-0.1, -0.05) is 6.92 Å². The van der Waals surface area contributed by atoms with Crippen LogP contribution in [0.3, 0.4) is 0 Å². The summed E-state index contributed by atoms with van der Waals surface area (Å²) >= 11 is 0. The normalized spacial score (nSPS) is 16.4. The first kappa shape index (κ1) is 9.40. The minimum atomic E-state index is 0.581. The molecule has 1 aromatic heterocycles. The lowest BCUT2D eigenvalue weighted by molar-refractivity contribution is 0.408. The molecule has 4 nitrogen and oxygen atoms in total. The summed E-state index contributed by atoms with van der Waals surface area (Å²) in [5, 5.41) is 3.27. The molecule has 76 valence electrons. The molecule has 1 fully saturated rings. The van der Waals surface area contributed by atoms with Crippen LogP contribution in [-0.2, 0) is 0 Å². The predicted octanol–water partition coefficient (Wildman–Crippen LogP) is 0.665. The van der Waals surface area contributed by atoms with Crippen LogP contribution in [0.2, 0.25) is 0 Å². The van der Waals surface area contributed by atoms with Crippen LogP contribution < -0.4 is 10.2 Å². The van der Waals surface area contributed by atoms with E-state index in [2.05, 4.69) is 27.1 Å². The number of rotatable bonds is 4. The zero-order chi connectivity index (χ0) is 9.80. The van der Waals surface area contributed by atoms with Crippen molar-refractivity contribution in [3.63, 3.8) is 0 Å². The van der Waals surface area contributed by atoms with Crippen LogP contribution in [0.1, 0.15) is 13.3 Å². The van der Waals surface area contributed by atoms with Crippen molar-refractivity contribution in [3.05, 3.63) is 18.5 Å². The molecule has 0 saturated carbocycles. The van der Waals surface area contributed by atoms with E-state index in [0.717, 1.165) is 32.0 Å². The third-order valence-corrected chi connectivity index (χ3v) is 2.47. The van der Waals surface area contributed by atoms with E-state index >= 15 is 0 Å². The van der Waals surface area contributed by atoms with Crippen molar-refractivity contribution < 1.29 is 0 Å². The average Bonchev–Trinajstić information content (AvgIpc) is 2.16. The van der Waals surface area contributed by atoms with Crippen LogP contribution in [0.5, 0.6) is 0 Å². The summed E-state index contributed by atoms with van der Waals surface area (Å²) < 4.78 is 0. The first-order valence-electron chi connectivity index (χ1n) is 5.16. The summed E-state index contributed by atoms with van der Waals surface area (Å²) in [6.07, 6.45) is 4.74. The van der Waals surface area contributed by atoms with E-state index < -0.39 is 0 Å². The first-order chi connectivity index (χ1) is 6.92. The minimum absolute atomic E-state index is 0.581. The molecule has 0 atom stereocenters. The molecule has 4 heteroatoms. The molecule has 0 amide bonds. The van der Waals surface area contributed by atoms with E-state index in [-0.39, 0.29) is 0 Å². The molecule has 0 unspecified atom stereocenters. The molecule has 2 heterocycles. The molecule has 1 aromatic rings. The second-order valence-electron chi connectivity index (χ2n) is 3.55. The van der Waals surface area contributed by atoms with Crippen molar-refractivity contribution in [2.45, 2.75) is 19.4 Å². The largest absolute Gasteiger partial charge is 0.335 e. The summed E-state index contributed by atoms with van der Waals surface area (Å²) in [5.74, 6) is 0.862. The fraction of sp³-hybridized carbons (Fsp3) is 0.600. The van der Waals surface area contributed by atoms with Gasteiger partial charge in [0.15, 0.2) is 0 Å². The van der Waals surface area contributed by atoms with Crippen molar-refractivity contribution in [1.82, 2.24) is 15.3 Å². The number of nitrogens with one attached hydrogen (secondary N) is 1. The summed E-state index contributed by atoms with van der Waals surface area (Å²) in [6.45, 7) is 5.33. The van der Waals surface area contributed by atoms with Gasteiger partial charge in [-0.05, 0) is 12.5 Å². The first-order valence-corrected chi connectivity index (χ1v) is 5.16. The maximum atomic E-state index is 4.29. The molecule has 1 N–H and O–H groups in total. The number of nitrogens with zero attached hydrogens (tertiary/aromatic N) is 3. The highest BCUT2D eigenvalue weighted by atomic mass is 15.3. The molecule has 0 bridgehead atoms. The molecule has 1 saturated heterocycles. The highest BCUT2D eigenvalue weighted by Crippen LogP contribution is 2.13. The van der Waals surface area contributed by atoms with Gasteiger partial charge in [0.1, 0.15) is 0 Å². The third kappa shape index (κ3) is 1.85. The number of hydrogen-bond donors (Lipinski definition) is 1. The van der Waals surface area contributed by atoms with Gasteiger partial charge in [0, 0.05) is 32.0 Å². The Bertz CT molecular complexity index is 271. The molecule has 2 rings (SSSR count). The fourth-order valence-corrected chi connectivity index (χ4v) is 1.62. The molecule has 1 aliphatic heterocycles. The molecule has 0 aliphatic carbocycles. The third-order valence-electron chi connectivity index (χ3n) is 2.47. The highest BCUT2D eigenvalue weighted by Gasteiger charge is 2.25. The minimum Gasteiger partial charge on any atom is -0.335 e. The molecular weight excluding hydrogens is 176 g/mol. The lowest BCUT2D eigenvalue weighted by Crippen LogP contribution is -2.58. The lowest BCUT2D eigenvalue weighted by Gasteiger charge is -2.38. The Balaban J connectivity index is 2.09. The average molecular weight is 192 g/mol. The van der Waals surface area contributed by atoms with Crippen LogP contribution in [0.4, 0.5) is 5.95 Å². The molecule has 0 radical (unpaired) electrons. The Labute approximate surface area is 84.4 Å². The van der Waals surface area contributed by atoms with Gasteiger partial charge in [-0.3, -0.25) is 0 Å². The Morgan fingerprint density at radius 1 is 1.43 bits per heavy atom. The standard InChI is InChI=1S/C10H16N4/c1-2-6-14(9-7-11-8-9)10-12-4-3-5-13-10/h3-5,9,11H,2,6-8H2,1H3. The summed E-state index contributed by atoms with van der Waals surface area (Å²) in [7, 11) is 0. The van der Waals surface area contributed by atoms with Crippen LogP contribution in [0.25, 0.3) is 0 Å². The highest BCUT2D eigenvalue weighted by molar-refractivity contribution is 5.32. The molecule has 0 spiro atoms. The Morgan fingerprint density at radius 2 is 2.14 bits per heavy atom. The quantitative estimate of drug-likeness (QED) is 0.761. The predicted molar refractivity (Wildman–Crippen MR) is 56.3 cm³/mol. The smallest absolute Gasteiger partial charge is 0.225 e. The van der Waals surface area contributed by atoms with E-state index in [1.165, 1.54) is 0 Å². The van der Waals surface area contributed by atoms with Crippen LogP contribution in [0, 0.1) is 0 Å². The second-order valence-corrected chi connectivity index (χ2v) is 3.55. The van der Waals surface area contributed by atoms with Crippen LogP contribution >= 0.6 is 0 Å². The van der Waals surface area contributed by atoms with Crippen LogP contribution in [-0.4, -0.2) is 35.6 Å². The summed E-state index contributed by atoms with van der Waals surface area (Å²) in [5.41, 5.74) is 0.